The number of rotatable bonds is 8. The van der Waals surface area contributed by atoms with Crippen molar-refractivity contribution in [3.8, 4) is 5.75 Å². The van der Waals surface area contributed by atoms with Crippen LogP contribution in [-0.2, 0) is 14.0 Å². The van der Waals surface area contributed by atoms with Gasteiger partial charge in [0.25, 0.3) is 0 Å². The summed E-state index contributed by atoms with van der Waals surface area (Å²) in [6, 6.07) is 2.23. The molecule has 0 unspecified atom stereocenters. The zero-order chi connectivity index (χ0) is 34.6. The second kappa shape index (κ2) is 13.0. The van der Waals surface area contributed by atoms with Gasteiger partial charge in [0, 0.05) is 30.0 Å². The molecule has 10 heteroatoms. The first-order valence-corrected chi connectivity index (χ1v) is 19.5. The minimum Gasteiger partial charge on any atom is -0.494 e. The van der Waals surface area contributed by atoms with Gasteiger partial charge in [0.2, 0.25) is 0 Å². The van der Waals surface area contributed by atoms with Gasteiger partial charge in [0.1, 0.15) is 17.0 Å². The van der Waals surface area contributed by atoms with E-state index in [0.29, 0.717) is 35.5 Å². The molecule has 4 heterocycles. The molecule has 8 nitrogen and oxygen atoms in total. The normalized spacial score (nSPS) is 22.4. The van der Waals surface area contributed by atoms with Crippen LogP contribution in [-0.4, -0.2) is 72.6 Å². The molecule has 0 N–H and O–H groups in total. The van der Waals surface area contributed by atoms with E-state index in [2.05, 4.69) is 98.6 Å². The van der Waals surface area contributed by atoms with Gasteiger partial charge in [-0.05, 0) is 101 Å². The lowest BCUT2D eigenvalue weighted by Crippen LogP contribution is -2.51. The van der Waals surface area contributed by atoms with Crippen LogP contribution >= 0.6 is 0 Å². The molecule has 2 fully saturated rings. The molecular weight excluding hydrogens is 593 g/mol. The van der Waals surface area contributed by atoms with Crippen molar-refractivity contribution >= 4 is 38.1 Å². The third kappa shape index (κ3) is 6.55. The third-order valence-electron chi connectivity index (χ3n) is 11.0. The molecule has 2 atom stereocenters. The van der Waals surface area contributed by atoms with Gasteiger partial charge in [0.05, 0.1) is 24.5 Å². The summed E-state index contributed by atoms with van der Waals surface area (Å²) in [5.41, 5.74) is 3.04. The number of aromatic nitrogens is 2. The van der Waals surface area contributed by atoms with Crippen molar-refractivity contribution < 1.29 is 23.6 Å². The second-order valence-corrected chi connectivity index (χ2v) is 22.2. The molecule has 0 aromatic carbocycles. The molecule has 256 valence electrons. The van der Waals surface area contributed by atoms with Crippen LogP contribution in [0.3, 0.4) is 0 Å². The number of carbonyl (C=O) groups excluding carboxylic acids is 1. The molecule has 1 amide bonds. The van der Waals surface area contributed by atoms with Gasteiger partial charge in [0.15, 0.2) is 8.24 Å². The predicted octanol–water partition coefficient (Wildman–Crippen LogP) is 8.98. The molecule has 0 bridgehead atoms. The quantitative estimate of drug-likeness (QED) is 0.265. The fraction of sp³-hybridized carbons (Fsp3) is 0.722. The summed E-state index contributed by atoms with van der Waals surface area (Å²) in [5, 5.41) is 1.06. The van der Waals surface area contributed by atoms with E-state index in [4.69, 9.17) is 23.8 Å². The molecule has 2 saturated heterocycles. The molecule has 0 radical (unpaired) electrons. The number of hydrogen-bond donors (Lipinski definition) is 0. The van der Waals surface area contributed by atoms with Crippen LogP contribution in [0.25, 0.3) is 16.6 Å². The maximum absolute atomic E-state index is 13.4. The molecule has 2 aromatic heterocycles. The highest BCUT2D eigenvalue weighted by Gasteiger charge is 2.51. The van der Waals surface area contributed by atoms with Crippen LogP contribution in [0.2, 0.25) is 16.6 Å². The Morgan fingerprint density at radius 1 is 1.07 bits per heavy atom. The van der Waals surface area contributed by atoms with E-state index in [0.717, 1.165) is 28.6 Å². The fourth-order valence-corrected chi connectivity index (χ4v) is 14.7. The smallest absolute Gasteiger partial charge is 0.487 e. The van der Waals surface area contributed by atoms with Gasteiger partial charge in [-0.3, -0.25) is 0 Å². The van der Waals surface area contributed by atoms with E-state index in [1.165, 1.54) is 0 Å². The Hall–Kier alpha value is -2.30. The van der Waals surface area contributed by atoms with E-state index in [1.54, 1.807) is 7.11 Å². The third-order valence-corrected chi connectivity index (χ3v) is 17.7. The van der Waals surface area contributed by atoms with E-state index in [1.807, 2.05) is 31.9 Å². The minimum atomic E-state index is -2.10. The van der Waals surface area contributed by atoms with Crippen molar-refractivity contribution in [2.24, 2.45) is 11.8 Å². The summed E-state index contributed by atoms with van der Waals surface area (Å²) >= 11 is 0. The van der Waals surface area contributed by atoms with Gasteiger partial charge < -0.3 is 27.9 Å². The van der Waals surface area contributed by atoms with Crippen molar-refractivity contribution in [3.05, 3.63) is 30.0 Å². The molecule has 2 aliphatic rings. The monoisotopic (exact) mass is 653 g/mol. The molecule has 2 aliphatic heterocycles. The van der Waals surface area contributed by atoms with Crippen LogP contribution < -0.4 is 4.74 Å². The van der Waals surface area contributed by atoms with Gasteiger partial charge >= 0.3 is 13.2 Å². The Kier molecular flexibility index (Phi) is 10.3. The highest BCUT2D eigenvalue weighted by atomic mass is 28.3. The van der Waals surface area contributed by atoms with E-state index in [-0.39, 0.29) is 17.9 Å². The molecule has 0 spiro atoms. The van der Waals surface area contributed by atoms with Crippen LogP contribution in [0, 0.1) is 11.8 Å². The van der Waals surface area contributed by atoms with E-state index < -0.39 is 32.2 Å². The number of nitrogens with zero attached hydrogens (tertiary/aromatic N) is 3. The van der Waals surface area contributed by atoms with Crippen molar-refractivity contribution in [2.75, 3.05) is 20.2 Å². The summed E-state index contributed by atoms with van der Waals surface area (Å²) in [6.45, 7) is 31.8. The number of pyridine rings is 1. The largest absolute Gasteiger partial charge is 0.494 e. The first-order valence-electron chi connectivity index (χ1n) is 17.3. The number of ether oxygens (including phenoxy) is 2. The number of fused-ring (bicyclic) bond motifs is 1. The lowest BCUT2D eigenvalue weighted by molar-refractivity contribution is 0.00578. The Labute approximate surface area is 279 Å². The SMILES string of the molecule is COc1cnc2c(ccn2[Si](C(C)C)(C(C)C)C(C)C)c1/C(=C\B1OC(C)(C)C(C)(C)O1)[C@@H]1CN(C(=O)OC(C)(C)C)CC[C@@H]1C. The maximum atomic E-state index is 13.4. The zero-order valence-electron chi connectivity index (χ0n) is 31.3. The van der Waals surface area contributed by atoms with Crippen molar-refractivity contribution in [1.82, 2.24) is 14.1 Å². The Morgan fingerprint density at radius 3 is 2.13 bits per heavy atom. The highest BCUT2D eigenvalue weighted by molar-refractivity contribution is 6.82. The first kappa shape index (κ1) is 36.5. The topological polar surface area (TPSA) is 75.1 Å². The molecule has 0 saturated carbocycles. The number of carbonyl (C=O) groups is 1. The summed E-state index contributed by atoms with van der Waals surface area (Å²) in [6.07, 6.45) is 4.73. The lowest BCUT2D eigenvalue weighted by atomic mass is 9.73. The highest BCUT2D eigenvalue weighted by Crippen LogP contribution is 2.48. The maximum Gasteiger partial charge on any atom is 0.487 e. The average Bonchev–Trinajstić information content (AvgIpc) is 3.42. The van der Waals surface area contributed by atoms with Crippen LogP contribution in [0.5, 0.6) is 5.75 Å². The fourth-order valence-electron chi connectivity index (χ4n) is 8.13. The molecule has 0 aliphatic carbocycles. The number of hydrogen-bond acceptors (Lipinski definition) is 6. The summed E-state index contributed by atoms with van der Waals surface area (Å²) < 4.78 is 27.6. The predicted molar refractivity (Wildman–Crippen MR) is 192 cm³/mol. The number of methoxy groups -OCH3 is 1. The molecule has 2 aromatic rings. The summed E-state index contributed by atoms with van der Waals surface area (Å²) in [4.78, 5) is 20.3. The van der Waals surface area contributed by atoms with Gasteiger partial charge in [-0.1, -0.05) is 48.5 Å². The van der Waals surface area contributed by atoms with Gasteiger partial charge in [-0.15, -0.1) is 0 Å². The van der Waals surface area contributed by atoms with Crippen molar-refractivity contribution in [3.63, 3.8) is 0 Å². The second-order valence-electron chi connectivity index (χ2n) is 16.5. The van der Waals surface area contributed by atoms with Crippen molar-refractivity contribution in [1.29, 1.82) is 0 Å². The Balaban J connectivity index is 1.97. The van der Waals surface area contributed by atoms with Crippen LogP contribution in [0.1, 0.15) is 109 Å². The minimum absolute atomic E-state index is 0.00885. The van der Waals surface area contributed by atoms with E-state index in [9.17, 15) is 4.79 Å². The zero-order valence-corrected chi connectivity index (χ0v) is 32.3. The Bertz CT molecular complexity index is 1400. The molecule has 46 heavy (non-hydrogen) atoms. The first-order chi connectivity index (χ1) is 21.2. The van der Waals surface area contributed by atoms with E-state index >= 15 is 0 Å². The Morgan fingerprint density at radius 2 is 1.63 bits per heavy atom. The summed E-state index contributed by atoms with van der Waals surface area (Å²) in [7, 11) is -0.952. The molecule has 4 rings (SSSR count). The standard InChI is InChI=1S/C36H60BN3O5Si/c1-23(2)46(24(3)4,25(5)6)40-19-17-27-31(30(42-15)21-38-32(27)40)28(20-37-44-35(11,12)36(13,14)45-37)29-22-39(18-16-26(29)7)33(41)43-34(8,9)10/h17,19-21,23-26,29H,16,18,22H2,1-15H3/b28-20-/t26-,29+/m0/s1. The van der Waals surface area contributed by atoms with Gasteiger partial charge in [-0.2, -0.15) is 0 Å². The number of amides is 1. The number of piperidine rings is 1. The van der Waals surface area contributed by atoms with Gasteiger partial charge in [-0.25, -0.2) is 9.78 Å². The molecular formula is C36H60BN3O5Si. The lowest BCUT2D eigenvalue weighted by Gasteiger charge is -2.44. The van der Waals surface area contributed by atoms with Crippen molar-refractivity contribution in [2.45, 2.75) is 137 Å². The van der Waals surface area contributed by atoms with Crippen LogP contribution in [0.4, 0.5) is 4.79 Å². The number of likely N-dealkylation sites (tertiary alicyclic amines) is 1. The van der Waals surface area contributed by atoms with Crippen LogP contribution in [0.15, 0.2) is 24.4 Å². The average molecular weight is 654 g/mol. The summed E-state index contributed by atoms with van der Waals surface area (Å²) in [5.74, 6) is 3.13.